The number of pyridine rings is 1. The molecule has 88 valence electrons. The van der Waals surface area contributed by atoms with Crippen molar-refractivity contribution in [1.82, 2.24) is 20.4 Å². The number of nitrogens with one attached hydrogen (secondary N) is 1. The Morgan fingerprint density at radius 1 is 1.41 bits per heavy atom. The van der Waals surface area contributed by atoms with Gasteiger partial charge in [0, 0.05) is 12.7 Å². The van der Waals surface area contributed by atoms with Crippen LogP contribution in [-0.4, -0.2) is 28.2 Å². The van der Waals surface area contributed by atoms with Crippen molar-refractivity contribution in [3.05, 3.63) is 30.3 Å². The highest BCUT2D eigenvalue weighted by Gasteiger charge is 2.36. The Balaban J connectivity index is 1.93. The maximum absolute atomic E-state index is 5.36. The van der Waals surface area contributed by atoms with E-state index in [2.05, 4.69) is 27.4 Å². The highest BCUT2D eigenvalue weighted by molar-refractivity contribution is 5.47. The van der Waals surface area contributed by atoms with E-state index in [9.17, 15) is 0 Å². The number of nitrogens with zero attached hydrogens (tertiary/aromatic N) is 3. The molecule has 0 aliphatic carbocycles. The summed E-state index contributed by atoms with van der Waals surface area (Å²) in [6.07, 6.45) is 2.75. The molecule has 1 saturated heterocycles. The standard InChI is InChI=1S/C12H14N4O/c1-12(5-7-13-8-12)11-15-10(16-17-11)9-4-2-3-6-14-9/h2-4,6,13H,5,7-8H2,1H3. The molecular weight excluding hydrogens is 216 g/mol. The van der Waals surface area contributed by atoms with Gasteiger partial charge in [0.05, 0.1) is 5.41 Å². The van der Waals surface area contributed by atoms with Gasteiger partial charge in [-0.15, -0.1) is 0 Å². The van der Waals surface area contributed by atoms with E-state index in [1.54, 1.807) is 6.20 Å². The Morgan fingerprint density at radius 2 is 2.35 bits per heavy atom. The highest BCUT2D eigenvalue weighted by atomic mass is 16.5. The summed E-state index contributed by atoms with van der Waals surface area (Å²) in [6.45, 7) is 4.03. The van der Waals surface area contributed by atoms with Crippen molar-refractivity contribution in [3.8, 4) is 11.5 Å². The monoisotopic (exact) mass is 230 g/mol. The summed E-state index contributed by atoms with van der Waals surface area (Å²) in [5, 5.41) is 7.32. The van der Waals surface area contributed by atoms with Gasteiger partial charge in [-0.05, 0) is 32.0 Å². The van der Waals surface area contributed by atoms with Crippen molar-refractivity contribution in [3.63, 3.8) is 0 Å². The Bertz CT molecular complexity index is 502. The van der Waals surface area contributed by atoms with Crippen LogP contribution in [0.15, 0.2) is 28.9 Å². The summed E-state index contributed by atoms with van der Waals surface area (Å²) in [7, 11) is 0. The highest BCUT2D eigenvalue weighted by Crippen LogP contribution is 2.29. The average Bonchev–Trinajstić information content (AvgIpc) is 2.99. The quantitative estimate of drug-likeness (QED) is 0.844. The summed E-state index contributed by atoms with van der Waals surface area (Å²) < 4.78 is 5.36. The van der Waals surface area contributed by atoms with Gasteiger partial charge in [-0.2, -0.15) is 4.98 Å². The lowest BCUT2D eigenvalue weighted by Crippen LogP contribution is -2.25. The Morgan fingerprint density at radius 3 is 3.06 bits per heavy atom. The number of hydrogen-bond donors (Lipinski definition) is 1. The first-order valence-electron chi connectivity index (χ1n) is 5.74. The fraction of sp³-hybridized carbons (Fsp3) is 0.417. The molecule has 0 saturated carbocycles. The van der Waals surface area contributed by atoms with Crippen LogP contribution in [0.2, 0.25) is 0 Å². The minimum absolute atomic E-state index is 0.0416. The lowest BCUT2D eigenvalue weighted by molar-refractivity contribution is 0.306. The summed E-state index contributed by atoms with van der Waals surface area (Å²) in [6, 6.07) is 5.66. The molecule has 3 heterocycles. The molecule has 1 N–H and O–H groups in total. The summed E-state index contributed by atoms with van der Waals surface area (Å²) in [5.74, 6) is 1.26. The molecule has 1 atom stereocenters. The second-order valence-corrected chi connectivity index (χ2v) is 4.63. The van der Waals surface area contributed by atoms with E-state index in [-0.39, 0.29) is 5.41 Å². The predicted octanol–water partition coefficient (Wildman–Crippen LogP) is 1.38. The molecule has 2 aromatic rings. The van der Waals surface area contributed by atoms with Gasteiger partial charge in [0.15, 0.2) is 0 Å². The molecule has 1 unspecified atom stereocenters. The molecule has 0 amide bonds. The van der Waals surface area contributed by atoms with E-state index in [1.807, 2.05) is 18.2 Å². The van der Waals surface area contributed by atoms with Gasteiger partial charge in [-0.1, -0.05) is 11.2 Å². The SMILES string of the molecule is CC1(c2nc(-c3ccccn3)no2)CCNC1. The van der Waals surface area contributed by atoms with Crippen molar-refractivity contribution in [2.24, 2.45) is 0 Å². The topological polar surface area (TPSA) is 63.8 Å². The molecule has 5 nitrogen and oxygen atoms in total. The van der Waals surface area contributed by atoms with E-state index < -0.39 is 0 Å². The van der Waals surface area contributed by atoms with Gasteiger partial charge in [0.1, 0.15) is 5.69 Å². The van der Waals surface area contributed by atoms with E-state index in [0.717, 1.165) is 25.2 Å². The molecule has 5 heteroatoms. The molecule has 0 aromatic carbocycles. The molecular formula is C12H14N4O. The number of rotatable bonds is 2. The van der Waals surface area contributed by atoms with Gasteiger partial charge < -0.3 is 9.84 Å². The van der Waals surface area contributed by atoms with Crippen molar-refractivity contribution in [1.29, 1.82) is 0 Å². The van der Waals surface area contributed by atoms with Crippen LogP contribution in [0.3, 0.4) is 0 Å². The maximum atomic E-state index is 5.36. The molecule has 0 radical (unpaired) electrons. The van der Waals surface area contributed by atoms with Crippen molar-refractivity contribution in [2.75, 3.05) is 13.1 Å². The zero-order valence-electron chi connectivity index (χ0n) is 9.68. The molecule has 3 rings (SSSR count). The third kappa shape index (κ3) is 1.82. The van der Waals surface area contributed by atoms with E-state index in [0.29, 0.717) is 11.7 Å². The first-order chi connectivity index (χ1) is 8.28. The maximum Gasteiger partial charge on any atom is 0.234 e. The van der Waals surface area contributed by atoms with Crippen LogP contribution < -0.4 is 5.32 Å². The zero-order chi connectivity index (χ0) is 11.7. The Kier molecular flexibility index (Phi) is 2.40. The molecule has 0 spiro atoms. The number of hydrogen-bond acceptors (Lipinski definition) is 5. The minimum atomic E-state index is -0.0416. The van der Waals surface area contributed by atoms with Crippen LogP contribution in [0.1, 0.15) is 19.2 Å². The van der Waals surface area contributed by atoms with Crippen LogP contribution in [0.4, 0.5) is 0 Å². The molecule has 1 fully saturated rings. The molecule has 1 aliphatic rings. The number of aromatic nitrogens is 3. The smallest absolute Gasteiger partial charge is 0.234 e. The summed E-state index contributed by atoms with van der Waals surface area (Å²) in [5.41, 5.74) is 0.706. The predicted molar refractivity (Wildman–Crippen MR) is 62.4 cm³/mol. The second kappa shape index (κ2) is 3.92. The lowest BCUT2D eigenvalue weighted by atomic mass is 9.90. The van der Waals surface area contributed by atoms with Crippen LogP contribution in [0, 0.1) is 0 Å². The average molecular weight is 230 g/mol. The first kappa shape index (κ1) is 10.4. The van der Waals surface area contributed by atoms with E-state index >= 15 is 0 Å². The molecule has 1 aliphatic heterocycles. The Hall–Kier alpha value is -1.75. The Labute approximate surface area is 99.3 Å². The third-order valence-electron chi connectivity index (χ3n) is 3.21. The molecule has 2 aromatic heterocycles. The largest absolute Gasteiger partial charge is 0.338 e. The van der Waals surface area contributed by atoms with Gasteiger partial charge in [0.25, 0.3) is 0 Å². The van der Waals surface area contributed by atoms with Crippen LogP contribution in [0.5, 0.6) is 0 Å². The van der Waals surface area contributed by atoms with Gasteiger partial charge in [0.2, 0.25) is 11.7 Å². The normalized spacial score (nSPS) is 24.1. The van der Waals surface area contributed by atoms with Crippen LogP contribution >= 0.6 is 0 Å². The van der Waals surface area contributed by atoms with Gasteiger partial charge >= 0.3 is 0 Å². The summed E-state index contributed by atoms with van der Waals surface area (Å²) >= 11 is 0. The molecule has 0 bridgehead atoms. The van der Waals surface area contributed by atoms with Gasteiger partial charge in [-0.25, -0.2) is 0 Å². The second-order valence-electron chi connectivity index (χ2n) is 4.63. The van der Waals surface area contributed by atoms with Crippen molar-refractivity contribution in [2.45, 2.75) is 18.8 Å². The van der Waals surface area contributed by atoms with Crippen LogP contribution in [0.25, 0.3) is 11.5 Å². The van der Waals surface area contributed by atoms with Crippen molar-refractivity contribution < 1.29 is 4.52 Å². The third-order valence-corrected chi connectivity index (χ3v) is 3.21. The first-order valence-corrected chi connectivity index (χ1v) is 5.74. The van der Waals surface area contributed by atoms with Crippen molar-refractivity contribution >= 4 is 0 Å². The lowest BCUT2D eigenvalue weighted by Gasteiger charge is -2.15. The van der Waals surface area contributed by atoms with E-state index in [1.165, 1.54) is 0 Å². The van der Waals surface area contributed by atoms with E-state index in [4.69, 9.17) is 4.52 Å². The minimum Gasteiger partial charge on any atom is -0.338 e. The van der Waals surface area contributed by atoms with Crippen LogP contribution in [-0.2, 0) is 5.41 Å². The summed E-state index contributed by atoms with van der Waals surface area (Å²) in [4.78, 5) is 8.67. The molecule has 17 heavy (non-hydrogen) atoms. The zero-order valence-corrected chi connectivity index (χ0v) is 9.68. The fourth-order valence-corrected chi connectivity index (χ4v) is 2.07. The fourth-order valence-electron chi connectivity index (χ4n) is 2.07. The van der Waals surface area contributed by atoms with Gasteiger partial charge in [-0.3, -0.25) is 4.98 Å².